The molecule has 0 aliphatic carbocycles. The molecule has 2 aromatic carbocycles. The van der Waals surface area contributed by atoms with Crippen molar-refractivity contribution in [1.29, 1.82) is 0 Å². The minimum Gasteiger partial charge on any atom is -0.450 e. The van der Waals surface area contributed by atoms with Crippen molar-refractivity contribution in [3.05, 3.63) is 71.3 Å². The summed E-state index contributed by atoms with van der Waals surface area (Å²) >= 11 is 0. The van der Waals surface area contributed by atoms with Crippen molar-refractivity contribution in [3.63, 3.8) is 0 Å². The highest BCUT2D eigenvalue weighted by Crippen LogP contribution is 2.43. The second-order valence-electron chi connectivity index (χ2n) is 6.86. The molecule has 138 valence electrons. The topological polar surface area (TPSA) is 75.7 Å². The van der Waals surface area contributed by atoms with Gasteiger partial charge in [0.25, 0.3) is 5.91 Å². The lowest BCUT2D eigenvalue weighted by Crippen LogP contribution is -2.48. The van der Waals surface area contributed by atoms with E-state index in [1.54, 1.807) is 35.2 Å². The predicted molar refractivity (Wildman–Crippen MR) is 98.1 cm³/mol. The zero-order chi connectivity index (χ0) is 18.9. The lowest BCUT2D eigenvalue weighted by Gasteiger charge is -2.38. The molecule has 6 nitrogen and oxygen atoms in total. The van der Waals surface area contributed by atoms with E-state index < -0.39 is 5.60 Å². The maximum atomic E-state index is 12.5. The van der Waals surface area contributed by atoms with Crippen LogP contribution < -0.4 is 5.32 Å². The molecule has 1 N–H and O–H groups in total. The number of likely N-dealkylation sites (tertiary alicyclic amines) is 1. The molecular formula is C21H20N2O4. The first-order valence-electron chi connectivity index (χ1n) is 9.03. The number of hydrogen-bond donors (Lipinski definition) is 1. The monoisotopic (exact) mass is 364 g/mol. The Bertz CT molecular complexity index is 886. The Labute approximate surface area is 157 Å². The molecule has 27 heavy (non-hydrogen) atoms. The fourth-order valence-corrected chi connectivity index (χ4v) is 3.79. The van der Waals surface area contributed by atoms with E-state index in [1.165, 1.54) is 0 Å². The van der Waals surface area contributed by atoms with E-state index >= 15 is 0 Å². The van der Waals surface area contributed by atoms with Crippen LogP contribution in [0.3, 0.4) is 0 Å². The Morgan fingerprint density at radius 2 is 1.67 bits per heavy atom. The van der Waals surface area contributed by atoms with Gasteiger partial charge >= 0.3 is 5.97 Å². The number of fused-ring (bicyclic) bond motifs is 2. The number of benzene rings is 2. The maximum Gasteiger partial charge on any atom is 0.339 e. The molecular weight excluding hydrogens is 344 g/mol. The SMILES string of the molecule is O=C(NCC(=O)N1CCC2(CC1)OC(=O)c1ccccc12)c1ccccc1. The first kappa shape index (κ1) is 17.3. The van der Waals surface area contributed by atoms with E-state index in [4.69, 9.17) is 4.74 Å². The summed E-state index contributed by atoms with van der Waals surface area (Å²) < 4.78 is 5.70. The van der Waals surface area contributed by atoms with Crippen molar-refractivity contribution in [2.75, 3.05) is 19.6 Å². The van der Waals surface area contributed by atoms with Crippen LogP contribution in [0.1, 0.15) is 39.1 Å². The highest BCUT2D eigenvalue weighted by molar-refractivity contribution is 5.96. The number of rotatable bonds is 3. The number of hydrogen-bond acceptors (Lipinski definition) is 4. The third-order valence-electron chi connectivity index (χ3n) is 5.29. The van der Waals surface area contributed by atoms with E-state index in [-0.39, 0.29) is 24.3 Å². The maximum absolute atomic E-state index is 12.5. The van der Waals surface area contributed by atoms with Crippen LogP contribution in [0, 0.1) is 0 Å². The van der Waals surface area contributed by atoms with Crippen molar-refractivity contribution in [1.82, 2.24) is 10.2 Å². The molecule has 0 bridgehead atoms. The molecule has 1 fully saturated rings. The van der Waals surface area contributed by atoms with Gasteiger partial charge in [0.15, 0.2) is 0 Å². The molecule has 0 aromatic heterocycles. The lowest BCUT2D eigenvalue weighted by atomic mass is 9.84. The van der Waals surface area contributed by atoms with E-state index in [0.29, 0.717) is 37.1 Å². The summed E-state index contributed by atoms with van der Waals surface area (Å²) in [6, 6.07) is 16.2. The van der Waals surface area contributed by atoms with Gasteiger partial charge in [0.1, 0.15) is 5.60 Å². The minimum atomic E-state index is -0.627. The van der Waals surface area contributed by atoms with Gasteiger partial charge in [0, 0.05) is 37.1 Å². The van der Waals surface area contributed by atoms with Crippen LogP contribution in [0.2, 0.25) is 0 Å². The Balaban J connectivity index is 1.35. The summed E-state index contributed by atoms with van der Waals surface area (Å²) in [5.74, 6) is -0.691. The average Bonchev–Trinajstić information content (AvgIpc) is 2.99. The number of nitrogens with one attached hydrogen (secondary N) is 1. The molecule has 6 heteroatoms. The zero-order valence-electron chi connectivity index (χ0n) is 14.8. The fourth-order valence-electron chi connectivity index (χ4n) is 3.79. The van der Waals surface area contributed by atoms with Crippen LogP contribution >= 0.6 is 0 Å². The number of carbonyl (C=O) groups excluding carboxylic acids is 3. The van der Waals surface area contributed by atoms with Crippen LogP contribution in [-0.2, 0) is 15.1 Å². The van der Waals surface area contributed by atoms with Crippen LogP contribution in [-0.4, -0.2) is 42.3 Å². The summed E-state index contributed by atoms with van der Waals surface area (Å²) in [5, 5.41) is 2.66. The number of amides is 2. The summed E-state index contributed by atoms with van der Waals surface area (Å²) in [4.78, 5) is 38.4. The third-order valence-corrected chi connectivity index (χ3v) is 5.29. The summed E-state index contributed by atoms with van der Waals surface area (Å²) in [5.41, 5.74) is 1.43. The van der Waals surface area contributed by atoms with Crippen LogP contribution in [0.5, 0.6) is 0 Å². The van der Waals surface area contributed by atoms with Gasteiger partial charge in [-0.1, -0.05) is 36.4 Å². The Morgan fingerprint density at radius 3 is 2.41 bits per heavy atom. The van der Waals surface area contributed by atoms with E-state index in [9.17, 15) is 14.4 Å². The van der Waals surface area contributed by atoms with Gasteiger partial charge in [-0.25, -0.2) is 4.79 Å². The van der Waals surface area contributed by atoms with Crippen molar-refractivity contribution in [3.8, 4) is 0 Å². The predicted octanol–water partition coefficient (Wildman–Crippen LogP) is 2.10. The standard InChI is InChI=1S/C21H20N2O4/c24-18(14-22-19(25)15-6-2-1-3-7-15)23-12-10-21(11-13-23)17-9-5-4-8-16(17)20(26)27-21/h1-9H,10-14H2,(H,22,25). The molecule has 0 unspecified atom stereocenters. The number of esters is 1. The lowest BCUT2D eigenvalue weighted by molar-refractivity contribution is -0.134. The Hall–Kier alpha value is -3.15. The number of nitrogens with zero attached hydrogens (tertiary/aromatic N) is 1. The Morgan fingerprint density at radius 1 is 1.00 bits per heavy atom. The quantitative estimate of drug-likeness (QED) is 0.847. The summed E-state index contributed by atoms with van der Waals surface area (Å²) in [6.07, 6.45) is 1.13. The third kappa shape index (κ3) is 3.18. The molecule has 2 amide bonds. The van der Waals surface area contributed by atoms with Gasteiger partial charge in [-0.3, -0.25) is 9.59 Å². The van der Waals surface area contributed by atoms with Crippen molar-refractivity contribution in [2.45, 2.75) is 18.4 Å². The highest BCUT2D eigenvalue weighted by atomic mass is 16.6. The first-order valence-corrected chi connectivity index (χ1v) is 9.03. The van der Waals surface area contributed by atoms with Gasteiger partial charge in [-0.2, -0.15) is 0 Å². The molecule has 0 radical (unpaired) electrons. The number of carbonyl (C=O) groups is 3. The largest absolute Gasteiger partial charge is 0.450 e. The smallest absolute Gasteiger partial charge is 0.339 e. The van der Waals surface area contributed by atoms with Crippen molar-refractivity contribution in [2.24, 2.45) is 0 Å². The fraction of sp³-hybridized carbons (Fsp3) is 0.286. The van der Waals surface area contributed by atoms with Crippen LogP contribution in [0.25, 0.3) is 0 Å². The van der Waals surface area contributed by atoms with Crippen molar-refractivity contribution < 1.29 is 19.1 Å². The first-order chi connectivity index (χ1) is 13.1. The molecule has 0 atom stereocenters. The van der Waals surface area contributed by atoms with Gasteiger partial charge in [0.05, 0.1) is 12.1 Å². The Kier molecular flexibility index (Phi) is 4.39. The van der Waals surface area contributed by atoms with Gasteiger partial charge in [-0.15, -0.1) is 0 Å². The van der Waals surface area contributed by atoms with Crippen LogP contribution in [0.15, 0.2) is 54.6 Å². The highest BCUT2D eigenvalue weighted by Gasteiger charge is 2.47. The van der Waals surface area contributed by atoms with Crippen molar-refractivity contribution >= 4 is 17.8 Å². The number of ether oxygens (including phenoxy) is 1. The zero-order valence-corrected chi connectivity index (χ0v) is 14.8. The molecule has 2 aromatic rings. The second-order valence-corrected chi connectivity index (χ2v) is 6.86. The molecule has 2 aliphatic rings. The average molecular weight is 364 g/mol. The molecule has 2 heterocycles. The molecule has 1 spiro atoms. The molecule has 2 aliphatic heterocycles. The summed E-state index contributed by atoms with van der Waals surface area (Å²) in [7, 11) is 0. The second kappa shape index (κ2) is 6.87. The summed E-state index contributed by atoms with van der Waals surface area (Å²) in [6.45, 7) is 0.931. The molecule has 1 saturated heterocycles. The van der Waals surface area contributed by atoms with Crippen LogP contribution in [0.4, 0.5) is 0 Å². The molecule has 4 rings (SSSR count). The van der Waals surface area contributed by atoms with E-state index in [1.807, 2.05) is 24.3 Å². The normalized spacial score (nSPS) is 17.3. The van der Waals surface area contributed by atoms with Gasteiger partial charge < -0.3 is 15.0 Å². The van der Waals surface area contributed by atoms with E-state index in [0.717, 1.165) is 5.56 Å². The van der Waals surface area contributed by atoms with E-state index in [2.05, 4.69) is 5.32 Å². The number of piperidine rings is 1. The minimum absolute atomic E-state index is 0.0445. The van der Waals surface area contributed by atoms with Gasteiger partial charge in [-0.05, 0) is 18.2 Å². The molecule has 0 saturated carbocycles. The van der Waals surface area contributed by atoms with Gasteiger partial charge in [0.2, 0.25) is 5.91 Å².